The Bertz CT molecular complexity index is 1410. The number of nitrogens with one attached hydrogen (secondary N) is 1. The molecule has 2 amide bonds. The van der Waals surface area contributed by atoms with Crippen LogP contribution in [0.25, 0.3) is 0 Å². The highest BCUT2D eigenvalue weighted by atomic mass is 32.2. The molecular weight excluding hydrogens is 609 g/mol. The summed E-state index contributed by atoms with van der Waals surface area (Å²) in [5.74, 6) is -4.88. The fourth-order valence-corrected chi connectivity index (χ4v) is 6.16. The number of tetrazole rings is 1. The van der Waals surface area contributed by atoms with Crippen LogP contribution in [0.4, 0.5) is 18.3 Å². The summed E-state index contributed by atoms with van der Waals surface area (Å²) >= 11 is 2.72. The number of carboxylic acid groups (broad SMARTS) is 2. The average Bonchev–Trinajstić information content (AvgIpc) is 3.50. The van der Waals surface area contributed by atoms with Crippen LogP contribution < -0.4 is 11.1 Å². The molecule has 23 heteroatoms. The molecule has 40 heavy (non-hydrogen) atoms. The van der Waals surface area contributed by atoms with Crippen molar-refractivity contribution >= 4 is 69.7 Å². The van der Waals surface area contributed by atoms with Gasteiger partial charge in [-0.2, -0.15) is 22.5 Å². The lowest BCUT2D eigenvalue weighted by molar-refractivity contribution is -0.174. The standard InChI is InChI=1S/C17H15F3N10O7S3/c18-17(19,20)4-37-25-7(10-23-15(21)40-26-10)11(33)22-8-12(34)30-9(14(35)36)5(2-38-13(8)30)3-39-16-24-27-28-29(16)1-6(31)32/h8,13H,1-4H2,(H,22,33)(H,31,32)(H,35,36)(H2,21,23,26)/t8?,13-/m0/s1. The molecule has 0 aromatic carbocycles. The lowest BCUT2D eigenvalue weighted by Gasteiger charge is -2.49. The Morgan fingerprint density at radius 1 is 1.30 bits per heavy atom. The van der Waals surface area contributed by atoms with E-state index in [4.69, 9.17) is 10.8 Å². The van der Waals surface area contributed by atoms with Crippen molar-refractivity contribution in [3.05, 3.63) is 17.1 Å². The number of nitrogen functional groups attached to an aromatic ring is 1. The molecule has 214 valence electrons. The number of anilines is 1. The number of rotatable bonds is 11. The average molecular weight is 625 g/mol. The first-order chi connectivity index (χ1) is 18.9. The number of thioether (sulfide) groups is 2. The van der Waals surface area contributed by atoms with E-state index in [9.17, 15) is 37.5 Å². The zero-order chi connectivity index (χ0) is 29.2. The number of nitrogens with zero attached hydrogens (tertiary/aromatic N) is 8. The number of aliphatic carboxylic acids is 2. The van der Waals surface area contributed by atoms with Gasteiger partial charge in [0.25, 0.3) is 11.8 Å². The predicted molar refractivity (Wildman–Crippen MR) is 129 cm³/mol. The van der Waals surface area contributed by atoms with Gasteiger partial charge in [0.05, 0.1) is 0 Å². The normalized spacial score (nSPS) is 19.2. The molecule has 17 nitrogen and oxygen atoms in total. The number of carboxylic acids is 2. The number of carbonyl (C=O) groups is 4. The number of hydrogen-bond acceptors (Lipinski definition) is 15. The number of alkyl halides is 3. The maximum atomic E-state index is 12.9. The predicted octanol–water partition coefficient (Wildman–Crippen LogP) is -0.995. The minimum Gasteiger partial charge on any atom is -0.480 e. The van der Waals surface area contributed by atoms with Gasteiger partial charge < -0.3 is 26.1 Å². The molecule has 4 rings (SSSR count). The van der Waals surface area contributed by atoms with Crippen molar-refractivity contribution in [1.82, 2.24) is 39.8 Å². The second kappa shape index (κ2) is 11.6. The van der Waals surface area contributed by atoms with Gasteiger partial charge in [0.1, 0.15) is 23.7 Å². The molecule has 1 fully saturated rings. The molecule has 4 heterocycles. The molecule has 0 radical (unpaired) electrons. The van der Waals surface area contributed by atoms with Crippen molar-refractivity contribution in [1.29, 1.82) is 0 Å². The van der Waals surface area contributed by atoms with Gasteiger partial charge in [0, 0.05) is 23.0 Å². The Balaban J connectivity index is 1.48. The molecule has 2 atom stereocenters. The SMILES string of the molecule is Nc1nc(C(=NOCC(F)(F)F)C(=O)NC2C(=O)N3C(C(=O)O)=C(CSc4nnnn4CC(=O)O)CS[C@@H]23)ns1. The first-order valence-corrected chi connectivity index (χ1v) is 13.3. The maximum absolute atomic E-state index is 12.9. The summed E-state index contributed by atoms with van der Waals surface area (Å²) in [7, 11) is 0. The molecule has 0 bridgehead atoms. The number of amides is 2. The van der Waals surface area contributed by atoms with Crippen molar-refractivity contribution in [2.24, 2.45) is 5.16 Å². The van der Waals surface area contributed by atoms with Gasteiger partial charge in [-0.05, 0) is 16.0 Å². The van der Waals surface area contributed by atoms with E-state index >= 15 is 0 Å². The molecule has 2 aromatic rings. The summed E-state index contributed by atoms with van der Waals surface area (Å²) in [6.45, 7) is -2.33. The fourth-order valence-electron chi connectivity index (χ4n) is 3.37. The van der Waals surface area contributed by atoms with Gasteiger partial charge in [0.15, 0.2) is 5.13 Å². The first-order valence-electron chi connectivity index (χ1n) is 10.5. The van der Waals surface area contributed by atoms with Crippen molar-refractivity contribution in [2.45, 2.75) is 29.3 Å². The minimum atomic E-state index is -4.75. The number of aromatic nitrogens is 6. The van der Waals surface area contributed by atoms with Crippen LogP contribution in [-0.2, 0) is 30.6 Å². The summed E-state index contributed by atoms with van der Waals surface area (Å²) in [6.07, 6.45) is -4.75. The topological polar surface area (TPSA) is 241 Å². The lowest BCUT2D eigenvalue weighted by Crippen LogP contribution is -2.71. The van der Waals surface area contributed by atoms with Crippen LogP contribution in [0, 0.1) is 0 Å². The van der Waals surface area contributed by atoms with Crippen LogP contribution in [0.5, 0.6) is 0 Å². The van der Waals surface area contributed by atoms with Crippen LogP contribution in [0.3, 0.4) is 0 Å². The summed E-state index contributed by atoms with van der Waals surface area (Å²) in [4.78, 5) is 57.7. The highest BCUT2D eigenvalue weighted by molar-refractivity contribution is 8.01. The third kappa shape index (κ3) is 6.41. The number of β-lactam (4-membered cyclic amide) rings is 1. The van der Waals surface area contributed by atoms with Gasteiger partial charge in [0.2, 0.25) is 23.3 Å². The van der Waals surface area contributed by atoms with E-state index in [1.807, 2.05) is 0 Å². The van der Waals surface area contributed by atoms with Gasteiger partial charge in [-0.15, -0.1) is 16.9 Å². The van der Waals surface area contributed by atoms with E-state index in [1.54, 1.807) is 0 Å². The van der Waals surface area contributed by atoms with Gasteiger partial charge in [-0.1, -0.05) is 16.9 Å². The summed E-state index contributed by atoms with van der Waals surface area (Å²) in [5, 5.41) is 34.0. The Labute approximate surface area is 232 Å². The van der Waals surface area contributed by atoms with Crippen LogP contribution in [0.2, 0.25) is 0 Å². The summed E-state index contributed by atoms with van der Waals surface area (Å²) in [5.41, 5.74) is 4.69. The number of nitrogens with two attached hydrogens (primary N) is 1. The Kier molecular flexibility index (Phi) is 8.43. The first kappa shape index (κ1) is 29.0. The molecular formula is C17H15F3N10O7S3. The molecule has 5 N–H and O–H groups in total. The third-order valence-corrected chi connectivity index (χ3v) is 7.87. The molecule has 1 unspecified atom stereocenters. The lowest BCUT2D eigenvalue weighted by atomic mass is 10.0. The molecule has 2 aliphatic rings. The van der Waals surface area contributed by atoms with Crippen molar-refractivity contribution in [3.8, 4) is 0 Å². The third-order valence-electron chi connectivity index (χ3n) is 4.95. The quantitative estimate of drug-likeness (QED) is 0.101. The molecule has 1 saturated heterocycles. The summed E-state index contributed by atoms with van der Waals surface area (Å²) in [6, 6.07) is -1.26. The van der Waals surface area contributed by atoms with Crippen LogP contribution in [0.15, 0.2) is 21.6 Å². The highest BCUT2D eigenvalue weighted by Crippen LogP contribution is 2.41. The number of oxime groups is 1. The second-order valence-corrected chi connectivity index (χ2v) is 10.5. The summed E-state index contributed by atoms with van der Waals surface area (Å²) < 4.78 is 42.2. The number of carbonyl (C=O) groups excluding carboxylic acids is 2. The minimum absolute atomic E-state index is 0.00637. The largest absolute Gasteiger partial charge is 0.480 e. The number of fused-ring (bicyclic) bond motifs is 1. The molecule has 2 aliphatic heterocycles. The smallest absolute Gasteiger partial charge is 0.425 e. The van der Waals surface area contributed by atoms with E-state index in [1.165, 1.54) is 0 Å². The van der Waals surface area contributed by atoms with Crippen molar-refractivity contribution in [2.75, 3.05) is 23.8 Å². The van der Waals surface area contributed by atoms with E-state index in [0.717, 1.165) is 33.1 Å². The van der Waals surface area contributed by atoms with E-state index in [-0.39, 0.29) is 27.5 Å². The van der Waals surface area contributed by atoms with Gasteiger partial charge >= 0.3 is 18.1 Å². The second-order valence-electron chi connectivity index (χ2n) is 7.70. The van der Waals surface area contributed by atoms with Crippen molar-refractivity contribution in [3.63, 3.8) is 0 Å². The Hall–Kier alpha value is -3.99. The number of halogens is 3. The van der Waals surface area contributed by atoms with Crippen LogP contribution in [0.1, 0.15) is 5.82 Å². The van der Waals surface area contributed by atoms with Gasteiger partial charge in [-0.25, -0.2) is 9.48 Å². The fraction of sp³-hybridized carbons (Fsp3) is 0.412. The van der Waals surface area contributed by atoms with E-state index in [2.05, 4.69) is 40.2 Å². The maximum Gasteiger partial charge on any atom is 0.425 e. The number of hydrogen-bond donors (Lipinski definition) is 4. The molecule has 0 saturated carbocycles. The van der Waals surface area contributed by atoms with Gasteiger partial charge in [-0.3, -0.25) is 19.3 Å². The highest BCUT2D eigenvalue weighted by Gasteiger charge is 2.54. The van der Waals surface area contributed by atoms with Crippen LogP contribution in [-0.4, -0.2) is 110 Å². The zero-order valence-electron chi connectivity index (χ0n) is 19.4. The monoisotopic (exact) mass is 624 g/mol. The van der Waals surface area contributed by atoms with E-state index < -0.39 is 66.0 Å². The molecule has 2 aromatic heterocycles. The van der Waals surface area contributed by atoms with Crippen molar-refractivity contribution < 1.29 is 47.4 Å². The van der Waals surface area contributed by atoms with Crippen LogP contribution >= 0.6 is 35.1 Å². The Morgan fingerprint density at radius 3 is 2.67 bits per heavy atom. The zero-order valence-corrected chi connectivity index (χ0v) is 21.9. The Morgan fingerprint density at radius 2 is 2.05 bits per heavy atom. The molecule has 0 spiro atoms. The van der Waals surface area contributed by atoms with E-state index in [0.29, 0.717) is 17.1 Å². The molecule has 0 aliphatic carbocycles.